The number of fused-ring (bicyclic) bond motifs is 1. The normalized spacial score (nSPS) is 31.6. The second kappa shape index (κ2) is 4.89. The molecule has 2 bridgehead atoms. The van der Waals surface area contributed by atoms with Gasteiger partial charge in [-0.05, 0) is 30.7 Å². The van der Waals surface area contributed by atoms with E-state index in [2.05, 4.69) is 0 Å². The molecule has 4 aliphatic rings. The van der Waals surface area contributed by atoms with E-state index in [1.54, 1.807) is 0 Å². The molecule has 1 aromatic rings. The van der Waals surface area contributed by atoms with E-state index < -0.39 is 4.92 Å². The second-order valence-corrected chi connectivity index (χ2v) is 6.65. The summed E-state index contributed by atoms with van der Waals surface area (Å²) >= 11 is 6.11. The van der Waals surface area contributed by atoms with Gasteiger partial charge in [-0.15, -0.1) is 0 Å². The molecule has 1 heterocycles. The summed E-state index contributed by atoms with van der Waals surface area (Å²) in [4.78, 5) is 37.1. The highest BCUT2D eigenvalue weighted by molar-refractivity contribution is 6.36. The van der Waals surface area contributed by atoms with Gasteiger partial charge in [0.1, 0.15) is 0 Å². The van der Waals surface area contributed by atoms with Gasteiger partial charge in [-0.3, -0.25) is 19.7 Å². The Morgan fingerprint density at radius 2 is 1.65 bits per heavy atom. The number of halogens is 1. The van der Waals surface area contributed by atoms with Gasteiger partial charge in [-0.1, -0.05) is 23.8 Å². The second-order valence-electron chi connectivity index (χ2n) is 6.25. The quantitative estimate of drug-likeness (QED) is 0.361. The molecule has 0 spiro atoms. The molecule has 6 nitrogen and oxygen atoms in total. The summed E-state index contributed by atoms with van der Waals surface area (Å²) in [7, 11) is 0. The van der Waals surface area contributed by atoms with Crippen molar-refractivity contribution >= 4 is 34.8 Å². The summed E-state index contributed by atoms with van der Waals surface area (Å²) in [5.74, 6) is -1.15. The Morgan fingerprint density at radius 1 is 1.09 bits per heavy atom. The van der Waals surface area contributed by atoms with E-state index in [0.29, 0.717) is 0 Å². The average Bonchev–Trinajstić information content (AvgIpc) is 2.83. The fraction of sp³-hybridized carbons (Fsp3) is 0.375. The highest BCUT2D eigenvalue weighted by atomic mass is 35.5. The number of benzene rings is 1. The summed E-state index contributed by atoms with van der Waals surface area (Å²) in [5.41, 5.74) is -0.0781. The van der Waals surface area contributed by atoms with Crippen LogP contribution >= 0.6 is 11.6 Å². The van der Waals surface area contributed by atoms with Crippen molar-refractivity contribution in [2.45, 2.75) is 12.8 Å². The van der Waals surface area contributed by atoms with Crippen molar-refractivity contribution < 1.29 is 14.5 Å². The number of amides is 2. The van der Waals surface area contributed by atoms with Crippen molar-refractivity contribution in [2.75, 3.05) is 4.90 Å². The Balaban J connectivity index is 1.79. The van der Waals surface area contributed by atoms with Gasteiger partial charge in [0, 0.05) is 12.1 Å². The van der Waals surface area contributed by atoms with Crippen LogP contribution in [0.4, 0.5) is 11.4 Å². The Hall–Kier alpha value is -2.21. The number of hydrogen-bond acceptors (Lipinski definition) is 4. The predicted molar refractivity (Wildman–Crippen MR) is 82.9 cm³/mol. The van der Waals surface area contributed by atoms with Crippen molar-refractivity contribution in [3.8, 4) is 0 Å². The fourth-order valence-electron chi connectivity index (χ4n) is 4.10. The molecule has 2 amide bonds. The lowest BCUT2D eigenvalue weighted by Gasteiger charge is -2.38. The third-order valence-electron chi connectivity index (χ3n) is 5.14. The summed E-state index contributed by atoms with van der Waals surface area (Å²) in [6.07, 6.45) is 5.86. The van der Waals surface area contributed by atoms with Crippen LogP contribution in [0.5, 0.6) is 0 Å². The minimum atomic E-state index is -0.566. The molecule has 0 radical (unpaired) electrons. The van der Waals surface area contributed by atoms with Gasteiger partial charge in [0.25, 0.3) is 5.69 Å². The van der Waals surface area contributed by atoms with Crippen molar-refractivity contribution in [1.82, 2.24) is 0 Å². The number of nitro groups is 1. The maximum atomic E-state index is 12.8. The van der Waals surface area contributed by atoms with Crippen molar-refractivity contribution in [1.29, 1.82) is 0 Å². The number of rotatable bonds is 2. The van der Waals surface area contributed by atoms with Crippen molar-refractivity contribution in [2.24, 2.45) is 23.7 Å². The highest BCUT2D eigenvalue weighted by Gasteiger charge is 2.57. The number of anilines is 1. The van der Waals surface area contributed by atoms with E-state index >= 15 is 0 Å². The Morgan fingerprint density at radius 3 is 2.13 bits per heavy atom. The van der Waals surface area contributed by atoms with Gasteiger partial charge in [0.05, 0.1) is 27.5 Å². The predicted octanol–water partition coefficient (Wildman–Crippen LogP) is 2.95. The van der Waals surface area contributed by atoms with Gasteiger partial charge in [-0.2, -0.15) is 0 Å². The third-order valence-corrected chi connectivity index (χ3v) is 5.46. The molecule has 7 heteroatoms. The molecule has 3 aliphatic carbocycles. The van der Waals surface area contributed by atoms with E-state index in [1.807, 2.05) is 12.2 Å². The lowest BCUT2D eigenvalue weighted by molar-refractivity contribution is -0.384. The van der Waals surface area contributed by atoms with E-state index in [4.69, 9.17) is 11.6 Å². The first kappa shape index (κ1) is 14.4. The van der Waals surface area contributed by atoms with Crippen LogP contribution in [0, 0.1) is 33.8 Å². The Bertz CT molecular complexity index is 743. The maximum absolute atomic E-state index is 12.8. The molecule has 1 saturated carbocycles. The lowest BCUT2D eigenvalue weighted by Crippen LogP contribution is -2.38. The number of nitrogens with zero attached hydrogens (tertiary/aromatic N) is 2. The summed E-state index contributed by atoms with van der Waals surface area (Å²) in [5, 5.41) is 11.1. The molecular weight excluding hydrogens is 320 g/mol. The Labute approximate surface area is 136 Å². The smallest absolute Gasteiger partial charge is 0.271 e. The number of carbonyl (C=O) groups is 2. The van der Waals surface area contributed by atoms with Crippen LogP contribution in [-0.4, -0.2) is 16.7 Å². The van der Waals surface area contributed by atoms with Crippen LogP contribution < -0.4 is 4.90 Å². The standard InChI is InChI=1S/C16H13ClN2O4/c17-11-6-5-10(19(22)23)7-12(11)18-15(20)13-8-1-2-9(4-3-8)14(13)16(18)21/h1-2,5-9,13-14H,3-4H2/t8-,9-,13-,14+/m0/s1. The molecule has 0 N–H and O–H groups in total. The van der Waals surface area contributed by atoms with Gasteiger partial charge < -0.3 is 0 Å². The first-order valence-corrected chi connectivity index (χ1v) is 7.87. The van der Waals surface area contributed by atoms with E-state index in [0.717, 1.165) is 17.7 Å². The zero-order valence-corrected chi connectivity index (χ0v) is 12.8. The fourth-order valence-corrected chi connectivity index (χ4v) is 4.30. The number of imide groups is 1. The topological polar surface area (TPSA) is 80.5 Å². The highest BCUT2D eigenvalue weighted by Crippen LogP contribution is 2.51. The average molecular weight is 333 g/mol. The van der Waals surface area contributed by atoms with Crippen LogP contribution in [-0.2, 0) is 9.59 Å². The van der Waals surface area contributed by atoms with Gasteiger partial charge in [-0.25, -0.2) is 4.90 Å². The molecular formula is C16H13ClN2O4. The van der Waals surface area contributed by atoms with Crippen LogP contribution in [0.3, 0.4) is 0 Å². The van der Waals surface area contributed by atoms with Gasteiger partial charge >= 0.3 is 0 Å². The summed E-state index contributed by atoms with van der Waals surface area (Å²) in [6.45, 7) is 0. The molecule has 1 saturated heterocycles. The number of allylic oxidation sites excluding steroid dienone is 2. The zero-order chi connectivity index (χ0) is 16.3. The SMILES string of the molecule is O=C1[C@@H]2[C@H](C(=O)N1c1cc([N+](=O)[O-])ccc1Cl)[C@H]1C=C[C@H]2CC1. The summed E-state index contributed by atoms with van der Waals surface area (Å²) in [6, 6.07) is 3.81. The third kappa shape index (κ3) is 1.94. The number of non-ortho nitro benzene ring substituents is 1. The summed E-state index contributed by atoms with van der Waals surface area (Å²) < 4.78 is 0. The molecule has 118 valence electrons. The minimum absolute atomic E-state index is 0.0731. The molecule has 0 unspecified atom stereocenters. The van der Waals surface area contributed by atoms with Crippen LogP contribution in [0.15, 0.2) is 30.4 Å². The Kier molecular flexibility index (Phi) is 3.06. The molecule has 23 heavy (non-hydrogen) atoms. The van der Waals surface area contributed by atoms with Crippen molar-refractivity contribution in [3.05, 3.63) is 45.5 Å². The van der Waals surface area contributed by atoms with Crippen LogP contribution in [0.25, 0.3) is 0 Å². The first-order chi connectivity index (χ1) is 11.0. The maximum Gasteiger partial charge on any atom is 0.271 e. The molecule has 1 aliphatic heterocycles. The molecule has 5 rings (SSSR count). The zero-order valence-electron chi connectivity index (χ0n) is 12.0. The molecule has 0 aromatic heterocycles. The van der Waals surface area contributed by atoms with E-state index in [9.17, 15) is 19.7 Å². The molecule has 4 atom stereocenters. The van der Waals surface area contributed by atoms with E-state index in [-0.39, 0.29) is 51.9 Å². The minimum Gasteiger partial charge on any atom is -0.274 e. The van der Waals surface area contributed by atoms with Crippen LogP contribution in [0.1, 0.15) is 12.8 Å². The number of nitro benzene ring substituents is 1. The first-order valence-electron chi connectivity index (χ1n) is 7.49. The molecule has 2 fully saturated rings. The molecule has 1 aromatic carbocycles. The van der Waals surface area contributed by atoms with Gasteiger partial charge in [0.15, 0.2) is 0 Å². The monoisotopic (exact) mass is 332 g/mol. The number of carbonyl (C=O) groups excluding carboxylic acids is 2. The van der Waals surface area contributed by atoms with Crippen LogP contribution in [0.2, 0.25) is 5.02 Å². The lowest BCUT2D eigenvalue weighted by atomic mass is 9.63. The van der Waals surface area contributed by atoms with Gasteiger partial charge in [0.2, 0.25) is 11.8 Å². The number of hydrogen-bond donors (Lipinski definition) is 0. The van der Waals surface area contributed by atoms with Crippen molar-refractivity contribution in [3.63, 3.8) is 0 Å². The largest absolute Gasteiger partial charge is 0.274 e. The van der Waals surface area contributed by atoms with E-state index in [1.165, 1.54) is 18.2 Å².